The Morgan fingerprint density at radius 1 is 0.697 bits per heavy atom. The lowest BCUT2D eigenvalue weighted by atomic mass is 9.95. The van der Waals surface area contributed by atoms with Gasteiger partial charge in [-0.05, 0) is 66.4 Å². The fourth-order valence-electron chi connectivity index (χ4n) is 7.82. The van der Waals surface area contributed by atoms with Crippen LogP contribution in [0.4, 0.5) is 0 Å². The second-order valence-electron chi connectivity index (χ2n) is 19.0. The molecule has 0 aliphatic carbocycles. The largest absolute Gasteiger partial charge is 0.468 e. The Morgan fingerprint density at radius 3 is 1.44 bits per heavy atom. The van der Waals surface area contributed by atoms with Gasteiger partial charge in [-0.15, -0.1) is 6.58 Å². The Balaban J connectivity index is 0.000000343. The number of nitrogens with zero attached hydrogens (tertiary/aromatic N) is 8. The van der Waals surface area contributed by atoms with Crippen molar-refractivity contribution >= 4 is 63.1 Å². The van der Waals surface area contributed by atoms with Crippen LogP contribution in [0.15, 0.2) is 106 Å². The van der Waals surface area contributed by atoms with Crippen LogP contribution in [0.25, 0.3) is 20.9 Å². The van der Waals surface area contributed by atoms with Crippen LogP contribution in [0.2, 0.25) is 57.4 Å². The number of hydrogen-bond acceptors (Lipinski definition) is 10. The van der Waals surface area contributed by atoms with Crippen molar-refractivity contribution in [3.05, 3.63) is 123 Å². The normalized spacial score (nSPS) is 15.7. The molecule has 0 bridgehead atoms. The summed E-state index contributed by atoms with van der Waals surface area (Å²) in [5, 5.41) is 29.0. The number of aliphatic imine (C=N–C) groups is 2. The van der Waals surface area contributed by atoms with Gasteiger partial charge in [0.05, 0.1) is 50.5 Å². The monoisotopic (exact) mass is 955 g/mol. The first kappa shape index (κ1) is 57.0. The van der Waals surface area contributed by atoms with E-state index in [2.05, 4.69) is 127 Å². The van der Waals surface area contributed by atoms with Crippen LogP contribution in [0.1, 0.15) is 69.3 Å². The zero-order chi connectivity index (χ0) is 49.7. The minimum absolute atomic E-state index is 0.181. The second-order valence-corrected chi connectivity index (χ2v) is 33.4. The lowest BCUT2D eigenvalue weighted by molar-refractivity contribution is -0.143. The number of aliphatic hydroxyl groups excluding tert-OH is 2. The summed E-state index contributed by atoms with van der Waals surface area (Å²) in [6, 6.07) is 26.0. The molecule has 0 aromatic heterocycles. The summed E-state index contributed by atoms with van der Waals surface area (Å²) >= 11 is 0. The van der Waals surface area contributed by atoms with Crippen LogP contribution in [-0.2, 0) is 25.5 Å². The molecule has 358 valence electrons. The van der Waals surface area contributed by atoms with Gasteiger partial charge in [-0.3, -0.25) is 19.6 Å². The minimum Gasteiger partial charge on any atom is -0.468 e. The maximum Gasteiger partial charge on any atom is 0.319 e. The Labute approximate surface area is 396 Å². The molecule has 0 fully saturated rings. The third-order valence-electron chi connectivity index (χ3n) is 12.2. The third kappa shape index (κ3) is 17.3. The van der Waals surface area contributed by atoms with Crippen LogP contribution in [0, 0.1) is 5.92 Å². The summed E-state index contributed by atoms with van der Waals surface area (Å²) in [7, 11) is -2.01. The lowest BCUT2D eigenvalue weighted by Gasteiger charge is -2.27. The molecule has 0 saturated heterocycles. The van der Waals surface area contributed by atoms with E-state index in [-0.39, 0.29) is 18.7 Å². The van der Waals surface area contributed by atoms with E-state index < -0.39 is 48.2 Å². The van der Waals surface area contributed by atoms with E-state index in [9.17, 15) is 9.59 Å². The second kappa shape index (κ2) is 27.5. The average molecular weight is 955 g/mol. The van der Waals surface area contributed by atoms with Gasteiger partial charge < -0.3 is 19.7 Å². The fourth-order valence-corrected chi connectivity index (χ4v) is 14.6. The minimum atomic E-state index is -1.59. The number of ether oxygens (including phenoxy) is 2. The predicted molar refractivity (Wildman–Crippen MR) is 279 cm³/mol. The number of methoxy groups -OCH3 is 2. The molecule has 0 spiro atoms. The summed E-state index contributed by atoms with van der Waals surface area (Å²) in [6.45, 7) is 26.7. The number of aliphatic hydroxyl groups is 2. The predicted octanol–water partition coefficient (Wildman–Crippen LogP) is 9.68. The van der Waals surface area contributed by atoms with E-state index in [1.54, 1.807) is 12.1 Å². The summed E-state index contributed by atoms with van der Waals surface area (Å²) in [5.41, 5.74) is 22.0. The van der Waals surface area contributed by atoms with Gasteiger partial charge in [0.2, 0.25) is 0 Å². The SMILES string of the molecule is C=CC[Si](C)(C)c1ccc(C(N=[N+]=[N-])C(=O)OC)cc1.CC1=N[C@H](C(C)C)C(C)=N[C@H]1Cc1ccc([Si](C)(C)CCCO)cc1.COC(=O)C(N=[N+]=[N-])c1ccc([Si](C)(C)CCCO)cc1. The first-order valence-electron chi connectivity index (χ1n) is 22.6. The molecule has 4 atom stereocenters. The van der Waals surface area contributed by atoms with Crippen molar-refractivity contribution < 1.29 is 29.3 Å². The third-order valence-corrected chi connectivity index (χ3v) is 22.4. The van der Waals surface area contributed by atoms with Crippen molar-refractivity contribution in [2.75, 3.05) is 27.4 Å². The standard InChI is InChI=1S/C21H34N2OSi.C14H21N3O3Si.C14H19N3O2Si/c1-15(2)21-17(4)22-20(16(3)23-21)14-18-8-10-19(11-9-18)25(5,6)13-7-12-24;1-20-14(19)13(16-17-15)11-5-7-12(8-6-11)21(2,3)10-4-9-18;1-5-10-20(3,4)12-8-6-11(7-9-12)13(16-17-15)14(18)19-2/h8-11,15,20-21,24H,7,12-14H2,1-6H3;5-8,13,18H,4,9-10H2,1-3H3;5-9,13H,1,10H2,2-4H3/t20-,21+;;/m0../s1. The maximum atomic E-state index is 11.6. The van der Waals surface area contributed by atoms with Crippen LogP contribution >= 0.6 is 0 Å². The summed E-state index contributed by atoms with van der Waals surface area (Å²) in [4.78, 5) is 38.5. The summed E-state index contributed by atoms with van der Waals surface area (Å²) < 4.78 is 9.29. The molecular weight excluding hydrogens is 881 g/mol. The van der Waals surface area contributed by atoms with Gasteiger partial charge in [0.15, 0.2) is 12.1 Å². The highest BCUT2D eigenvalue weighted by molar-refractivity contribution is 6.90. The Morgan fingerprint density at radius 2 is 1.09 bits per heavy atom. The zero-order valence-corrected chi connectivity index (χ0v) is 44.4. The van der Waals surface area contributed by atoms with E-state index in [1.807, 2.05) is 42.5 Å². The molecule has 66 heavy (non-hydrogen) atoms. The number of carbonyl (C=O) groups excluding carboxylic acids is 2. The first-order chi connectivity index (χ1) is 31.2. The Kier molecular flexibility index (Phi) is 23.7. The van der Waals surface area contributed by atoms with Crippen LogP contribution < -0.4 is 15.6 Å². The van der Waals surface area contributed by atoms with Crippen LogP contribution in [0.3, 0.4) is 0 Å². The topological polar surface area (TPSA) is 215 Å². The highest BCUT2D eigenvalue weighted by atomic mass is 28.3. The molecule has 2 N–H and O–H groups in total. The van der Waals surface area contributed by atoms with E-state index in [1.165, 1.54) is 41.1 Å². The van der Waals surface area contributed by atoms with Gasteiger partial charge in [0.25, 0.3) is 0 Å². The summed E-state index contributed by atoms with van der Waals surface area (Å²) in [5.74, 6) is -0.625. The Bertz CT molecular complexity index is 2180. The zero-order valence-electron chi connectivity index (χ0n) is 41.4. The number of allylic oxidation sites excluding steroid dienone is 1. The molecule has 3 aromatic rings. The van der Waals surface area contributed by atoms with Crippen molar-refractivity contribution in [3.8, 4) is 0 Å². The molecule has 0 radical (unpaired) electrons. The fraction of sp³-hybridized carbons (Fsp3) is 0.510. The van der Waals surface area contributed by atoms with Crippen molar-refractivity contribution in [1.82, 2.24) is 0 Å². The smallest absolute Gasteiger partial charge is 0.319 e. The van der Waals surface area contributed by atoms with Gasteiger partial charge in [-0.25, -0.2) is 0 Å². The number of carbonyl (C=O) groups is 2. The van der Waals surface area contributed by atoms with E-state index in [4.69, 9.17) is 31.3 Å². The maximum absolute atomic E-state index is 11.6. The number of hydrogen-bond donors (Lipinski definition) is 2. The quantitative estimate of drug-likeness (QED) is 0.0281. The van der Waals surface area contributed by atoms with E-state index in [0.717, 1.165) is 43.1 Å². The van der Waals surface area contributed by atoms with E-state index in [0.29, 0.717) is 23.7 Å². The van der Waals surface area contributed by atoms with Gasteiger partial charge in [-0.1, -0.05) is 170 Å². The van der Waals surface area contributed by atoms with Crippen molar-refractivity contribution in [2.45, 2.75) is 129 Å². The van der Waals surface area contributed by atoms with Crippen LogP contribution in [0.5, 0.6) is 0 Å². The molecule has 17 heteroatoms. The molecule has 3 aromatic carbocycles. The number of rotatable bonds is 20. The highest BCUT2D eigenvalue weighted by Gasteiger charge is 2.28. The Hall–Kier alpha value is -5.13. The molecular formula is C49H74N8O6Si3. The number of esters is 2. The van der Waals surface area contributed by atoms with Gasteiger partial charge in [0, 0.05) is 40.9 Å². The highest BCUT2D eigenvalue weighted by Crippen LogP contribution is 2.23. The average Bonchev–Trinajstić information content (AvgIpc) is 3.29. The molecule has 0 saturated carbocycles. The van der Waals surface area contributed by atoms with Crippen molar-refractivity contribution in [2.24, 2.45) is 26.1 Å². The molecule has 1 aliphatic heterocycles. The molecule has 14 nitrogen and oxygen atoms in total. The van der Waals surface area contributed by atoms with Gasteiger partial charge >= 0.3 is 11.9 Å². The summed E-state index contributed by atoms with van der Waals surface area (Å²) in [6.07, 6.45) is 4.57. The molecule has 4 rings (SSSR count). The molecule has 0 amide bonds. The number of azide groups is 2. The van der Waals surface area contributed by atoms with Crippen molar-refractivity contribution in [3.63, 3.8) is 0 Å². The molecule has 1 aliphatic rings. The van der Waals surface area contributed by atoms with E-state index >= 15 is 0 Å². The molecule has 1 heterocycles. The van der Waals surface area contributed by atoms with Crippen molar-refractivity contribution in [1.29, 1.82) is 0 Å². The van der Waals surface area contributed by atoms with Crippen LogP contribution in [-0.4, -0.2) is 97.3 Å². The first-order valence-corrected chi connectivity index (χ1v) is 32.2. The van der Waals surface area contributed by atoms with Gasteiger partial charge in [-0.2, -0.15) is 0 Å². The van der Waals surface area contributed by atoms with Gasteiger partial charge in [0.1, 0.15) is 0 Å². The number of benzene rings is 3. The molecule has 2 unspecified atom stereocenters. The lowest BCUT2D eigenvalue weighted by Crippen LogP contribution is -2.41.